The van der Waals surface area contributed by atoms with Gasteiger partial charge in [0.2, 0.25) is 5.95 Å². The zero-order chi connectivity index (χ0) is 13.7. The topological polar surface area (TPSA) is 73.1 Å². The van der Waals surface area contributed by atoms with Gasteiger partial charge in [0.1, 0.15) is 18.2 Å². The Labute approximate surface area is 112 Å². The van der Waals surface area contributed by atoms with Gasteiger partial charge in [-0.05, 0) is 31.5 Å². The summed E-state index contributed by atoms with van der Waals surface area (Å²) in [7, 11) is 0. The molecule has 3 N–H and O–H groups in total. The summed E-state index contributed by atoms with van der Waals surface area (Å²) in [5.41, 5.74) is 7.69. The van der Waals surface area contributed by atoms with Gasteiger partial charge in [0.15, 0.2) is 0 Å². The van der Waals surface area contributed by atoms with Crippen molar-refractivity contribution < 1.29 is 4.74 Å². The Kier molecular flexibility index (Phi) is 4.18. The first-order chi connectivity index (χ1) is 9.15. The molecule has 0 unspecified atom stereocenters. The number of benzene rings is 1. The molecule has 0 aliphatic rings. The first-order valence-corrected chi connectivity index (χ1v) is 6.17. The van der Waals surface area contributed by atoms with Crippen molar-refractivity contribution in [1.29, 1.82) is 0 Å². The van der Waals surface area contributed by atoms with Crippen molar-refractivity contribution >= 4 is 11.8 Å². The number of hydrogen-bond donors (Lipinski definition) is 2. The number of rotatable bonds is 5. The minimum Gasteiger partial charge on any atom is -0.492 e. The lowest BCUT2D eigenvalue weighted by Crippen LogP contribution is -2.14. The van der Waals surface area contributed by atoms with Crippen LogP contribution in [-0.4, -0.2) is 23.1 Å². The van der Waals surface area contributed by atoms with Crippen LogP contribution in [0.4, 0.5) is 11.8 Å². The maximum Gasteiger partial charge on any atom is 0.221 e. The van der Waals surface area contributed by atoms with Crippen molar-refractivity contribution in [1.82, 2.24) is 9.97 Å². The number of aryl methyl sites for hydroxylation is 2. The van der Waals surface area contributed by atoms with Crippen LogP contribution in [0.1, 0.15) is 11.1 Å². The number of nitrogens with one attached hydrogen (secondary N) is 1. The number of anilines is 2. The van der Waals surface area contributed by atoms with E-state index >= 15 is 0 Å². The van der Waals surface area contributed by atoms with Crippen molar-refractivity contribution in [3.05, 3.63) is 41.6 Å². The Hall–Kier alpha value is -2.30. The zero-order valence-corrected chi connectivity index (χ0v) is 11.2. The first-order valence-electron chi connectivity index (χ1n) is 6.17. The molecule has 2 aromatic rings. The Morgan fingerprint density at radius 1 is 1.32 bits per heavy atom. The normalized spacial score (nSPS) is 10.2. The smallest absolute Gasteiger partial charge is 0.221 e. The highest BCUT2D eigenvalue weighted by atomic mass is 16.5. The molecular formula is C14H18N4O. The highest BCUT2D eigenvalue weighted by Gasteiger charge is 2.01. The molecule has 1 aromatic heterocycles. The van der Waals surface area contributed by atoms with Crippen LogP contribution in [0.15, 0.2) is 30.5 Å². The summed E-state index contributed by atoms with van der Waals surface area (Å²) < 4.78 is 5.64. The second-order valence-electron chi connectivity index (χ2n) is 4.35. The first kappa shape index (κ1) is 13.1. The van der Waals surface area contributed by atoms with Gasteiger partial charge in [-0.2, -0.15) is 4.98 Å². The maximum absolute atomic E-state index is 5.64. The van der Waals surface area contributed by atoms with Gasteiger partial charge in [0, 0.05) is 11.8 Å². The van der Waals surface area contributed by atoms with Crippen molar-refractivity contribution in [2.24, 2.45) is 0 Å². The number of nitrogen functional groups attached to an aromatic ring is 1. The van der Waals surface area contributed by atoms with Gasteiger partial charge in [-0.15, -0.1) is 0 Å². The number of nitrogens with zero attached hydrogens (tertiary/aromatic N) is 2. The molecule has 0 saturated heterocycles. The summed E-state index contributed by atoms with van der Waals surface area (Å²) in [6.45, 7) is 5.19. The minimum absolute atomic E-state index is 0.271. The van der Waals surface area contributed by atoms with Crippen LogP contribution in [0.25, 0.3) is 0 Å². The third-order valence-corrected chi connectivity index (χ3v) is 2.64. The molecule has 0 radical (unpaired) electrons. The second-order valence-corrected chi connectivity index (χ2v) is 4.35. The van der Waals surface area contributed by atoms with E-state index in [0.29, 0.717) is 13.2 Å². The molecule has 0 saturated carbocycles. The Morgan fingerprint density at radius 2 is 2.16 bits per heavy atom. The largest absolute Gasteiger partial charge is 0.492 e. The van der Waals surface area contributed by atoms with E-state index in [1.54, 1.807) is 6.20 Å². The Morgan fingerprint density at radius 3 is 2.95 bits per heavy atom. The van der Waals surface area contributed by atoms with E-state index in [2.05, 4.69) is 15.3 Å². The number of ether oxygens (including phenoxy) is 1. The molecule has 1 heterocycles. The molecule has 0 spiro atoms. The van der Waals surface area contributed by atoms with E-state index in [0.717, 1.165) is 17.1 Å². The molecule has 0 fully saturated rings. The van der Waals surface area contributed by atoms with Crippen LogP contribution >= 0.6 is 0 Å². The van der Waals surface area contributed by atoms with Gasteiger partial charge in [-0.25, -0.2) is 4.98 Å². The number of hydrogen-bond acceptors (Lipinski definition) is 5. The molecule has 2 rings (SSSR count). The molecular weight excluding hydrogens is 240 g/mol. The fourth-order valence-corrected chi connectivity index (χ4v) is 1.68. The average Bonchev–Trinajstić information content (AvgIpc) is 2.39. The molecule has 1 aromatic carbocycles. The van der Waals surface area contributed by atoms with E-state index < -0.39 is 0 Å². The molecule has 19 heavy (non-hydrogen) atoms. The lowest BCUT2D eigenvalue weighted by molar-refractivity contribution is 0.332. The van der Waals surface area contributed by atoms with Gasteiger partial charge < -0.3 is 15.8 Å². The summed E-state index contributed by atoms with van der Waals surface area (Å²) in [5, 5.41) is 3.18. The summed E-state index contributed by atoms with van der Waals surface area (Å²) in [6.07, 6.45) is 1.70. The molecule has 0 atom stereocenters. The van der Waals surface area contributed by atoms with Gasteiger partial charge in [0.05, 0.1) is 6.54 Å². The van der Waals surface area contributed by atoms with E-state index in [4.69, 9.17) is 10.5 Å². The third kappa shape index (κ3) is 3.84. The van der Waals surface area contributed by atoms with Gasteiger partial charge in [-0.3, -0.25) is 0 Å². The summed E-state index contributed by atoms with van der Waals surface area (Å²) >= 11 is 0. The zero-order valence-electron chi connectivity index (χ0n) is 11.2. The van der Waals surface area contributed by atoms with Crippen molar-refractivity contribution in [2.45, 2.75) is 13.8 Å². The number of aromatic nitrogens is 2. The lowest BCUT2D eigenvalue weighted by Gasteiger charge is -2.10. The number of nitrogens with two attached hydrogens (primary N) is 1. The fourth-order valence-electron chi connectivity index (χ4n) is 1.68. The standard InChI is InChI=1S/C14H18N4O/c1-10-4-3-5-12(8-10)19-7-6-16-13-11(2)9-17-14(15)18-13/h3-5,8-9H,6-7H2,1-2H3,(H3,15,16,17,18). The van der Waals surface area contributed by atoms with Crippen LogP contribution in [0, 0.1) is 13.8 Å². The van der Waals surface area contributed by atoms with Crippen LogP contribution < -0.4 is 15.8 Å². The van der Waals surface area contributed by atoms with E-state index in [1.165, 1.54) is 5.56 Å². The van der Waals surface area contributed by atoms with Crippen LogP contribution in [0.5, 0.6) is 5.75 Å². The lowest BCUT2D eigenvalue weighted by atomic mass is 10.2. The fraction of sp³-hybridized carbons (Fsp3) is 0.286. The predicted octanol–water partition coefficient (Wildman–Crippen LogP) is 2.17. The molecule has 0 aliphatic carbocycles. The maximum atomic E-state index is 5.64. The van der Waals surface area contributed by atoms with Crippen molar-refractivity contribution in [2.75, 3.05) is 24.2 Å². The Balaban J connectivity index is 1.82. The molecule has 5 nitrogen and oxygen atoms in total. The third-order valence-electron chi connectivity index (χ3n) is 2.64. The quantitative estimate of drug-likeness (QED) is 0.804. The van der Waals surface area contributed by atoms with Gasteiger partial charge in [-0.1, -0.05) is 12.1 Å². The van der Waals surface area contributed by atoms with E-state index in [1.807, 2.05) is 38.1 Å². The summed E-state index contributed by atoms with van der Waals surface area (Å²) in [4.78, 5) is 8.05. The van der Waals surface area contributed by atoms with Crippen LogP contribution in [0.3, 0.4) is 0 Å². The van der Waals surface area contributed by atoms with Crippen LogP contribution in [0.2, 0.25) is 0 Å². The van der Waals surface area contributed by atoms with Crippen LogP contribution in [-0.2, 0) is 0 Å². The SMILES string of the molecule is Cc1cccc(OCCNc2nc(N)ncc2C)c1. The minimum atomic E-state index is 0.271. The van der Waals surface area contributed by atoms with Crippen molar-refractivity contribution in [3.63, 3.8) is 0 Å². The molecule has 5 heteroatoms. The van der Waals surface area contributed by atoms with Crippen molar-refractivity contribution in [3.8, 4) is 5.75 Å². The monoisotopic (exact) mass is 258 g/mol. The van der Waals surface area contributed by atoms with Gasteiger partial charge in [0.25, 0.3) is 0 Å². The molecule has 100 valence electrons. The molecule has 0 bridgehead atoms. The van der Waals surface area contributed by atoms with Gasteiger partial charge >= 0.3 is 0 Å². The summed E-state index contributed by atoms with van der Waals surface area (Å²) in [6, 6.07) is 7.97. The summed E-state index contributed by atoms with van der Waals surface area (Å²) in [5.74, 6) is 1.90. The highest BCUT2D eigenvalue weighted by Crippen LogP contribution is 2.13. The average molecular weight is 258 g/mol. The Bertz CT molecular complexity index is 557. The molecule has 0 aliphatic heterocycles. The second kappa shape index (κ2) is 6.04. The molecule has 0 amide bonds. The van der Waals surface area contributed by atoms with E-state index in [-0.39, 0.29) is 5.95 Å². The predicted molar refractivity (Wildman–Crippen MR) is 76.3 cm³/mol. The van der Waals surface area contributed by atoms with E-state index in [9.17, 15) is 0 Å². The highest BCUT2D eigenvalue weighted by molar-refractivity contribution is 5.44.